The molecule has 19 heavy (non-hydrogen) atoms. The third-order valence-electron chi connectivity index (χ3n) is 4.70. The first kappa shape index (κ1) is 13.4. The molecule has 0 spiro atoms. The van der Waals surface area contributed by atoms with Crippen LogP contribution in [0.2, 0.25) is 0 Å². The number of nitrogens with one attached hydrogen (secondary N) is 1. The Balaban J connectivity index is 1.74. The third-order valence-corrected chi connectivity index (χ3v) is 5.60. The van der Waals surface area contributed by atoms with Crippen molar-refractivity contribution in [3.63, 3.8) is 0 Å². The van der Waals surface area contributed by atoms with E-state index in [9.17, 15) is 0 Å². The first-order valence-electron chi connectivity index (χ1n) is 7.75. The van der Waals surface area contributed by atoms with Crippen molar-refractivity contribution in [3.8, 4) is 0 Å². The fourth-order valence-electron chi connectivity index (χ4n) is 3.71. The summed E-state index contributed by atoms with van der Waals surface area (Å²) in [5, 5.41) is 6.95. The van der Waals surface area contributed by atoms with Gasteiger partial charge in [0.2, 0.25) is 0 Å². The molecule has 3 rings (SSSR count). The van der Waals surface area contributed by atoms with Crippen LogP contribution in [-0.4, -0.2) is 24.1 Å². The molecule has 3 nitrogen and oxygen atoms in total. The average Bonchev–Trinajstić information content (AvgIpc) is 3.07. The van der Waals surface area contributed by atoms with Crippen LogP contribution < -0.4 is 10.2 Å². The molecular formula is C15H25N3S. The maximum Gasteiger partial charge on any atom is 0.185 e. The zero-order valence-corrected chi connectivity index (χ0v) is 12.9. The maximum absolute atomic E-state index is 4.89. The van der Waals surface area contributed by atoms with Gasteiger partial charge >= 0.3 is 0 Å². The van der Waals surface area contributed by atoms with E-state index in [1.54, 1.807) is 0 Å². The molecule has 106 valence electrons. The molecule has 4 heteroatoms. The normalized spacial score (nSPS) is 28.4. The minimum absolute atomic E-state index is 0.374. The van der Waals surface area contributed by atoms with Gasteiger partial charge in [0.15, 0.2) is 5.13 Å². The molecule has 2 aliphatic rings. The number of nitrogens with zero attached hydrogens (tertiary/aromatic N) is 2. The first-order chi connectivity index (χ1) is 9.29. The summed E-state index contributed by atoms with van der Waals surface area (Å²) in [6, 6.07) is 1.15. The van der Waals surface area contributed by atoms with E-state index < -0.39 is 0 Å². The lowest BCUT2D eigenvalue weighted by Gasteiger charge is -2.37. The predicted octanol–water partition coefficient (Wildman–Crippen LogP) is 3.58. The summed E-state index contributed by atoms with van der Waals surface area (Å²) in [4.78, 5) is 7.50. The van der Waals surface area contributed by atoms with Gasteiger partial charge in [-0.3, -0.25) is 0 Å². The van der Waals surface area contributed by atoms with Gasteiger partial charge in [-0.15, -0.1) is 11.3 Å². The Kier molecular flexibility index (Phi) is 4.08. The van der Waals surface area contributed by atoms with Crippen LogP contribution in [0.5, 0.6) is 0 Å². The van der Waals surface area contributed by atoms with E-state index >= 15 is 0 Å². The summed E-state index contributed by atoms with van der Waals surface area (Å²) in [5.41, 5.74) is 1.21. The SMILES string of the molecule is CCNC(C)c1csc(N2CCCC3CCCC32)n1. The van der Waals surface area contributed by atoms with Crippen molar-refractivity contribution < 1.29 is 0 Å². The summed E-state index contributed by atoms with van der Waals surface area (Å²) >= 11 is 1.83. The lowest BCUT2D eigenvalue weighted by atomic mass is 9.92. The Morgan fingerprint density at radius 3 is 3.11 bits per heavy atom. The van der Waals surface area contributed by atoms with E-state index in [-0.39, 0.29) is 0 Å². The lowest BCUT2D eigenvalue weighted by Crippen LogP contribution is -2.42. The molecule has 1 aliphatic heterocycles. The molecule has 0 bridgehead atoms. The third kappa shape index (κ3) is 2.65. The monoisotopic (exact) mass is 279 g/mol. The topological polar surface area (TPSA) is 28.2 Å². The molecule has 0 amide bonds. The Hall–Kier alpha value is -0.610. The van der Waals surface area contributed by atoms with Crippen LogP contribution >= 0.6 is 11.3 Å². The fourth-order valence-corrected chi connectivity index (χ4v) is 4.71. The second kappa shape index (κ2) is 5.80. The number of rotatable bonds is 4. The van der Waals surface area contributed by atoms with E-state index in [1.165, 1.54) is 49.5 Å². The Labute approximate surface area is 120 Å². The largest absolute Gasteiger partial charge is 0.345 e. The number of piperidine rings is 1. The van der Waals surface area contributed by atoms with Crippen LogP contribution in [0.3, 0.4) is 0 Å². The summed E-state index contributed by atoms with van der Waals surface area (Å²) < 4.78 is 0. The van der Waals surface area contributed by atoms with Gasteiger partial charge < -0.3 is 10.2 Å². The summed E-state index contributed by atoms with van der Waals surface area (Å²) in [6.45, 7) is 6.57. The predicted molar refractivity (Wildman–Crippen MR) is 81.9 cm³/mol. The molecule has 3 unspecified atom stereocenters. The van der Waals surface area contributed by atoms with Gasteiger partial charge in [0.05, 0.1) is 5.69 Å². The highest BCUT2D eigenvalue weighted by Gasteiger charge is 2.36. The van der Waals surface area contributed by atoms with Crippen LogP contribution in [0.15, 0.2) is 5.38 Å². The van der Waals surface area contributed by atoms with Crippen LogP contribution in [0.4, 0.5) is 5.13 Å². The Morgan fingerprint density at radius 1 is 1.42 bits per heavy atom. The average molecular weight is 279 g/mol. The molecule has 1 aromatic rings. The van der Waals surface area contributed by atoms with Gasteiger partial charge in [-0.1, -0.05) is 13.3 Å². The van der Waals surface area contributed by atoms with Crippen molar-refractivity contribution in [1.82, 2.24) is 10.3 Å². The van der Waals surface area contributed by atoms with E-state index in [1.807, 2.05) is 11.3 Å². The molecular weight excluding hydrogens is 254 g/mol. The zero-order valence-electron chi connectivity index (χ0n) is 12.1. The molecule has 1 saturated heterocycles. The molecule has 1 saturated carbocycles. The van der Waals surface area contributed by atoms with Gasteiger partial charge in [-0.05, 0) is 45.1 Å². The molecule has 1 aromatic heterocycles. The molecule has 3 atom stereocenters. The summed E-state index contributed by atoms with van der Waals surface area (Å²) in [6.07, 6.45) is 7.01. The van der Waals surface area contributed by atoms with Crippen LogP contribution in [0, 0.1) is 5.92 Å². The number of anilines is 1. The Morgan fingerprint density at radius 2 is 2.26 bits per heavy atom. The first-order valence-corrected chi connectivity index (χ1v) is 8.63. The highest BCUT2D eigenvalue weighted by Crippen LogP contribution is 2.40. The van der Waals surface area contributed by atoms with Crippen LogP contribution in [-0.2, 0) is 0 Å². The minimum atomic E-state index is 0.374. The number of aromatic nitrogens is 1. The smallest absolute Gasteiger partial charge is 0.185 e. The van der Waals surface area contributed by atoms with Crippen molar-refractivity contribution in [3.05, 3.63) is 11.1 Å². The van der Waals surface area contributed by atoms with Crippen LogP contribution in [0.1, 0.15) is 57.7 Å². The van der Waals surface area contributed by atoms with Gasteiger partial charge in [0.25, 0.3) is 0 Å². The standard InChI is InChI=1S/C15H25N3S/c1-3-16-11(2)13-10-19-15(17-13)18-9-5-7-12-6-4-8-14(12)18/h10-12,14,16H,3-9H2,1-2H3. The van der Waals surface area contributed by atoms with E-state index in [4.69, 9.17) is 4.98 Å². The van der Waals surface area contributed by atoms with Gasteiger partial charge in [-0.25, -0.2) is 4.98 Å². The van der Waals surface area contributed by atoms with Crippen molar-refractivity contribution in [2.75, 3.05) is 18.0 Å². The Bertz CT molecular complexity index is 417. The second-order valence-electron chi connectivity index (χ2n) is 5.93. The molecule has 1 N–H and O–H groups in total. The molecule has 2 heterocycles. The van der Waals surface area contributed by atoms with Crippen LogP contribution in [0.25, 0.3) is 0 Å². The van der Waals surface area contributed by atoms with Gasteiger partial charge in [0, 0.05) is 24.0 Å². The van der Waals surface area contributed by atoms with Gasteiger partial charge in [0.1, 0.15) is 0 Å². The minimum Gasteiger partial charge on any atom is -0.345 e. The van der Waals surface area contributed by atoms with Gasteiger partial charge in [-0.2, -0.15) is 0 Å². The summed E-state index contributed by atoms with van der Waals surface area (Å²) in [5.74, 6) is 0.937. The van der Waals surface area contributed by atoms with Crippen molar-refractivity contribution in [1.29, 1.82) is 0 Å². The quantitative estimate of drug-likeness (QED) is 0.913. The molecule has 2 fully saturated rings. The number of hydrogen-bond donors (Lipinski definition) is 1. The number of fused-ring (bicyclic) bond motifs is 1. The fraction of sp³-hybridized carbons (Fsp3) is 0.800. The number of hydrogen-bond acceptors (Lipinski definition) is 4. The highest BCUT2D eigenvalue weighted by molar-refractivity contribution is 7.13. The van der Waals surface area contributed by atoms with Crippen molar-refractivity contribution >= 4 is 16.5 Å². The lowest BCUT2D eigenvalue weighted by molar-refractivity contribution is 0.362. The molecule has 0 radical (unpaired) electrons. The molecule has 1 aliphatic carbocycles. The zero-order chi connectivity index (χ0) is 13.2. The highest BCUT2D eigenvalue weighted by atomic mass is 32.1. The summed E-state index contributed by atoms with van der Waals surface area (Å²) in [7, 11) is 0. The van der Waals surface area contributed by atoms with E-state index in [0.717, 1.165) is 18.5 Å². The maximum atomic E-state index is 4.89. The van der Waals surface area contributed by atoms with Crippen molar-refractivity contribution in [2.24, 2.45) is 5.92 Å². The van der Waals surface area contributed by atoms with E-state index in [2.05, 4.69) is 29.4 Å². The van der Waals surface area contributed by atoms with E-state index in [0.29, 0.717) is 6.04 Å². The van der Waals surface area contributed by atoms with Crippen molar-refractivity contribution in [2.45, 2.75) is 58.0 Å². The second-order valence-corrected chi connectivity index (χ2v) is 6.76. The molecule has 0 aromatic carbocycles. The number of thiazole rings is 1.